The standard InChI is InChI=1S/C18H22O3/c1-3-4-5-6-13-9-14-10-15-16(19)7-8-20-18(15)12(2)17(14)21-11-13/h7-8,10,13H,3-6,9,11H2,1-2H3. The van der Waals surface area contributed by atoms with E-state index in [0.717, 1.165) is 29.9 Å². The molecule has 2 aromatic rings. The van der Waals surface area contributed by atoms with Crippen LogP contribution in [0.15, 0.2) is 27.6 Å². The molecule has 3 heteroatoms. The van der Waals surface area contributed by atoms with Crippen molar-refractivity contribution < 1.29 is 9.15 Å². The first kappa shape index (κ1) is 14.2. The smallest absolute Gasteiger partial charge is 0.192 e. The Hall–Kier alpha value is -1.77. The third-order valence-corrected chi connectivity index (χ3v) is 4.39. The molecule has 1 atom stereocenters. The highest BCUT2D eigenvalue weighted by Crippen LogP contribution is 2.36. The Labute approximate surface area is 124 Å². The number of rotatable bonds is 4. The van der Waals surface area contributed by atoms with Gasteiger partial charge in [0.2, 0.25) is 0 Å². The summed E-state index contributed by atoms with van der Waals surface area (Å²) in [5.41, 5.74) is 2.79. The van der Waals surface area contributed by atoms with E-state index in [0.29, 0.717) is 16.9 Å². The Morgan fingerprint density at radius 3 is 3.00 bits per heavy atom. The highest BCUT2D eigenvalue weighted by Gasteiger charge is 2.23. The van der Waals surface area contributed by atoms with Crippen molar-refractivity contribution in [1.82, 2.24) is 0 Å². The van der Waals surface area contributed by atoms with Gasteiger partial charge in [-0.3, -0.25) is 4.79 Å². The molecule has 0 saturated heterocycles. The van der Waals surface area contributed by atoms with Crippen molar-refractivity contribution in [2.45, 2.75) is 46.0 Å². The lowest BCUT2D eigenvalue weighted by molar-refractivity contribution is 0.210. The van der Waals surface area contributed by atoms with Gasteiger partial charge in [-0.1, -0.05) is 26.2 Å². The van der Waals surface area contributed by atoms with Crippen LogP contribution in [0.25, 0.3) is 11.0 Å². The average molecular weight is 286 g/mol. The molecule has 1 aromatic carbocycles. The van der Waals surface area contributed by atoms with Gasteiger partial charge in [0.05, 0.1) is 18.3 Å². The van der Waals surface area contributed by atoms with Crippen molar-refractivity contribution in [3.05, 3.63) is 39.7 Å². The van der Waals surface area contributed by atoms with Crippen molar-refractivity contribution in [1.29, 1.82) is 0 Å². The number of ether oxygens (including phenoxy) is 1. The summed E-state index contributed by atoms with van der Waals surface area (Å²) in [6.45, 7) is 4.98. The Morgan fingerprint density at radius 2 is 2.19 bits per heavy atom. The first-order chi connectivity index (χ1) is 10.2. The zero-order valence-electron chi connectivity index (χ0n) is 12.8. The van der Waals surface area contributed by atoms with E-state index in [1.54, 1.807) is 0 Å². The monoisotopic (exact) mass is 286 g/mol. The van der Waals surface area contributed by atoms with E-state index in [2.05, 4.69) is 6.92 Å². The molecule has 0 aliphatic carbocycles. The minimum absolute atomic E-state index is 0.0234. The predicted molar refractivity (Wildman–Crippen MR) is 84.1 cm³/mol. The molecule has 0 fully saturated rings. The van der Waals surface area contributed by atoms with Crippen LogP contribution in [0.2, 0.25) is 0 Å². The zero-order valence-corrected chi connectivity index (χ0v) is 12.8. The van der Waals surface area contributed by atoms with Crippen LogP contribution in [0, 0.1) is 12.8 Å². The Morgan fingerprint density at radius 1 is 1.33 bits per heavy atom. The second-order valence-corrected chi connectivity index (χ2v) is 6.03. The van der Waals surface area contributed by atoms with E-state index in [-0.39, 0.29) is 5.43 Å². The summed E-state index contributed by atoms with van der Waals surface area (Å²) in [4.78, 5) is 12.0. The van der Waals surface area contributed by atoms with E-state index in [1.807, 2.05) is 13.0 Å². The molecular formula is C18H22O3. The molecule has 0 radical (unpaired) electrons. The Kier molecular flexibility index (Phi) is 4.00. The second kappa shape index (κ2) is 5.92. The van der Waals surface area contributed by atoms with Crippen molar-refractivity contribution in [2.24, 2.45) is 5.92 Å². The highest BCUT2D eigenvalue weighted by molar-refractivity contribution is 5.83. The van der Waals surface area contributed by atoms with E-state index < -0.39 is 0 Å². The maximum Gasteiger partial charge on any atom is 0.192 e. The second-order valence-electron chi connectivity index (χ2n) is 6.03. The van der Waals surface area contributed by atoms with Gasteiger partial charge in [0.1, 0.15) is 11.3 Å². The minimum atomic E-state index is 0.0234. The fourth-order valence-corrected chi connectivity index (χ4v) is 3.23. The lowest BCUT2D eigenvalue weighted by atomic mass is 9.90. The molecule has 112 valence electrons. The largest absolute Gasteiger partial charge is 0.493 e. The van der Waals surface area contributed by atoms with E-state index >= 15 is 0 Å². The molecule has 2 heterocycles. The molecule has 3 rings (SSSR count). The van der Waals surface area contributed by atoms with Crippen LogP contribution < -0.4 is 10.2 Å². The molecule has 0 amide bonds. The topological polar surface area (TPSA) is 39.4 Å². The summed E-state index contributed by atoms with van der Waals surface area (Å²) in [6, 6.07) is 3.45. The number of fused-ring (bicyclic) bond motifs is 2. The van der Waals surface area contributed by atoms with Gasteiger partial charge in [-0.25, -0.2) is 0 Å². The summed E-state index contributed by atoms with van der Waals surface area (Å²) in [6.07, 6.45) is 7.45. The van der Waals surface area contributed by atoms with Crippen LogP contribution in [0.3, 0.4) is 0 Å². The number of hydrogen-bond acceptors (Lipinski definition) is 3. The van der Waals surface area contributed by atoms with Crippen LogP contribution >= 0.6 is 0 Å². The SMILES string of the molecule is CCCCCC1COc2c(cc3c(=O)ccoc3c2C)C1. The third kappa shape index (κ3) is 2.69. The maximum absolute atomic E-state index is 12.0. The summed E-state index contributed by atoms with van der Waals surface area (Å²) in [5.74, 6) is 1.49. The summed E-state index contributed by atoms with van der Waals surface area (Å²) in [5, 5.41) is 0.673. The number of hydrogen-bond donors (Lipinski definition) is 0. The lowest BCUT2D eigenvalue weighted by Gasteiger charge is -2.27. The summed E-state index contributed by atoms with van der Waals surface area (Å²) in [7, 11) is 0. The quantitative estimate of drug-likeness (QED) is 0.789. The molecule has 1 aliphatic rings. The predicted octanol–water partition coefficient (Wildman–Crippen LogP) is 4.23. The zero-order chi connectivity index (χ0) is 14.8. The maximum atomic E-state index is 12.0. The molecule has 0 spiro atoms. The molecule has 0 saturated carbocycles. The average Bonchev–Trinajstić information content (AvgIpc) is 2.49. The molecule has 21 heavy (non-hydrogen) atoms. The molecule has 0 bridgehead atoms. The number of benzene rings is 1. The van der Waals surface area contributed by atoms with Crippen molar-refractivity contribution in [2.75, 3.05) is 6.61 Å². The van der Waals surface area contributed by atoms with E-state index in [9.17, 15) is 4.79 Å². The Balaban J connectivity index is 1.93. The van der Waals surface area contributed by atoms with Crippen LogP contribution in [-0.4, -0.2) is 6.61 Å². The minimum Gasteiger partial charge on any atom is -0.493 e. The first-order valence-electron chi connectivity index (χ1n) is 7.87. The molecule has 1 unspecified atom stereocenters. The molecular weight excluding hydrogens is 264 g/mol. The van der Waals surface area contributed by atoms with Gasteiger partial charge in [-0.2, -0.15) is 0 Å². The van der Waals surface area contributed by atoms with Crippen LogP contribution in [0.5, 0.6) is 5.75 Å². The van der Waals surface area contributed by atoms with Gasteiger partial charge in [0, 0.05) is 11.6 Å². The molecule has 1 aromatic heterocycles. The fourth-order valence-electron chi connectivity index (χ4n) is 3.23. The molecule has 3 nitrogen and oxygen atoms in total. The van der Waals surface area contributed by atoms with E-state index in [4.69, 9.17) is 9.15 Å². The van der Waals surface area contributed by atoms with Crippen LogP contribution in [0.1, 0.15) is 43.7 Å². The molecule has 1 aliphatic heterocycles. The van der Waals surface area contributed by atoms with Gasteiger partial charge in [-0.15, -0.1) is 0 Å². The van der Waals surface area contributed by atoms with Gasteiger partial charge in [-0.05, 0) is 37.3 Å². The van der Waals surface area contributed by atoms with Crippen molar-refractivity contribution in [3.63, 3.8) is 0 Å². The van der Waals surface area contributed by atoms with Gasteiger partial charge < -0.3 is 9.15 Å². The molecule has 0 N–H and O–H groups in total. The van der Waals surface area contributed by atoms with Gasteiger partial charge in [0.15, 0.2) is 5.43 Å². The van der Waals surface area contributed by atoms with Crippen LogP contribution in [-0.2, 0) is 6.42 Å². The van der Waals surface area contributed by atoms with Crippen LogP contribution in [0.4, 0.5) is 0 Å². The first-order valence-corrected chi connectivity index (χ1v) is 7.87. The summed E-state index contributed by atoms with van der Waals surface area (Å²) >= 11 is 0. The third-order valence-electron chi connectivity index (χ3n) is 4.39. The van der Waals surface area contributed by atoms with Gasteiger partial charge >= 0.3 is 0 Å². The number of unbranched alkanes of at least 4 members (excludes halogenated alkanes) is 2. The number of aryl methyl sites for hydroxylation is 1. The van der Waals surface area contributed by atoms with Crippen molar-refractivity contribution >= 4 is 11.0 Å². The van der Waals surface area contributed by atoms with E-state index in [1.165, 1.54) is 38.0 Å². The Bertz CT molecular complexity index is 699. The summed E-state index contributed by atoms with van der Waals surface area (Å²) < 4.78 is 11.5. The van der Waals surface area contributed by atoms with Gasteiger partial charge in [0.25, 0.3) is 0 Å². The lowest BCUT2D eigenvalue weighted by Crippen LogP contribution is -2.22. The highest BCUT2D eigenvalue weighted by atomic mass is 16.5. The fraction of sp³-hybridized carbons (Fsp3) is 0.500. The van der Waals surface area contributed by atoms with Crippen molar-refractivity contribution in [3.8, 4) is 5.75 Å². The normalized spacial score (nSPS) is 17.5.